The number of benzene rings is 1. The van der Waals surface area contributed by atoms with E-state index in [-0.39, 0.29) is 16.3 Å². The second kappa shape index (κ2) is 9.46. The SMILES string of the molecule is CC.CCC#C/C(=C\N(C)c1ccc(Cl)c(F)c1C)C(F)(F)F. The lowest BCUT2D eigenvalue weighted by molar-refractivity contribution is -0.0873. The molecule has 0 amide bonds. The Kier molecular flexibility index (Phi) is 8.78. The molecule has 0 fully saturated rings. The van der Waals surface area contributed by atoms with E-state index >= 15 is 0 Å². The predicted molar refractivity (Wildman–Crippen MR) is 88.1 cm³/mol. The molecule has 0 aliphatic heterocycles. The highest BCUT2D eigenvalue weighted by atomic mass is 35.5. The van der Waals surface area contributed by atoms with Gasteiger partial charge in [-0.3, -0.25) is 0 Å². The molecule has 1 aromatic carbocycles. The zero-order valence-corrected chi connectivity index (χ0v) is 14.5. The molecule has 0 N–H and O–H groups in total. The molecule has 0 saturated carbocycles. The van der Waals surface area contributed by atoms with Crippen molar-refractivity contribution in [3.05, 3.63) is 40.3 Å². The first kappa shape index (κ1) is 21.3. The molecule has 0 unspecified atom stereocenters. The Hall–Kier alpha value is -1.67. The van der Waals surface area contributed by atoms with Crippen molar-refractivity contribution in [2.45, 2.75) is 40.3 Å². The fourth-order valence-corrected chi connectivity index (χ4v) is 1.85. The first-order chi connectivity index (χ1) is 10.7. The third-order valence-electron chi connectivity index (χ3n) is 2.72. The molecule has 6 heteroatoms. The highest BCUT2D eigenvalue weighted by Gasteiger charge is 2.33. The summed E-state index contributed by atoms with van der Waals surface area (Å²) in [7, 11) is 1.40. The minimum absolute atomic E-state index is 0.0737. The standard InChI is InChI=1S/C15H14ClF4N.C2H6/c1-4-5-6-11(15(18,19)20)9-21(3)13-8-7-12(16)14(17)10(13)2;1-2/h7-9H,4H2,1-3H3;1-2H3/b11-9+;. The van der Waals surface area contributed by atoms with Gasteiger partial charge < -0.3 is 4.90 Å². The van der Waals surface area contributed by atoms with Gasteiger partial charge in [-0.2, -0.15) is 13.2 Å². The Labute approximate surface area is 139 Å². The maximum absolute atomic E-state index is 13.7. The van der Waals surface area contributed by atoms with E-state index in [1.165, 1.54) is 31.0 Å². The molecule has 0 radical (unpaired) electrons. The van der Waals surface area contributed by atoms with Crippen LogP contribution in [0.3, 0.4) is 0 Å². The number of hydrogen-bond acceptors (Lipinski definition) is 1. The maximum Gasteiger partial charge on any atom is 0.425 e. The Balaban J connectivity index is 0.00000232. The quantitative estimate of drug-likeness (QED) is 0.460. The third-order valence-corrected chi connectivity index (χ3v) is 3.01. The summed E-state index contributed by atoms with van der Waals surface area (Å²) < 4.78 is 52.3. The summed E-state index contributed by atoms with van der Waals surface area (Å²) in [5, 5.41) is -0.0737. The largest absolute Gasteiger partial charge is 0.425 e. The molecular formula is C17H20ClF4N. The molecule has 0 heterocycles. The van der Waals surface area contributed by atoms with Crippen molar-refractivity contribution in [1.82, 2.24) is 0 Å². The van der Waals surface area contributed by atoms with Crippen molar-refractivity contribution in [3.8, 4) is 11.8 Å². The van der Waals surface area contributed by atoms with Gasteiger partial charge in [0.2, 0.25) is 0 Å². The molecule has 0 aromatic heterocycles. The van der Waals surface area contributed by atoms with Crippen LogP contribution in [0.4, 0.5) is 23.2 Å². The summed E-state index contributed by atoms with van der Waals surface area (Å²) in [4.78, 5) is 1.18. The number of halogens is 5. The Morgan fingerprint density at radius 3 is 2.35 bits per heavy atom. The van der Waals surface area contributed by atoms with Crippen molar-refractivity contribution in [1.29, 1.82) is 0 Å². The maximum atomic E-state index is 13.7. The third kappa shape index (κ3) is 6.15. The zero-order valence-electron chi connectivity index (χ0n) is 13.8. The van der Waals surface area contributed by atoms with Gasteiger partial charge in [0.25, 0.3) is 0 Å². The molecule has 1 aromatic rings. The molecule has 1 nitrogen and oxygen atoms in total. The monoisotopic (exact) mass is 349 g/mol. The summed E-state index contributed by atoms with van der Waals surface area (Å²) in [5.74, 6) is 3.82. The summed E-state index contributed by atoms with van der Waals surface area (Å²) in [6, 6.07) is 2.76. The lowest BCUT2D eigenvalue weighted by Crippen LogP contribution is -2.18. The van der Waals surface area contributed by atoms with E-state index < -0.39 is 17.6 Å². The van der Waals surface area contributed by atoms with Crippen LogP contribution in [-0.2, 0) is 0 Å². The van der Waals surface area contributed by atoms with Crippen molar-refractivity contribution >= 4 is 17.3 Å². The normalized spacial score (nSPS) is 11.1. The lowest BCUT2D eigenvalue weighted by atomic mass is 10.1. The number of rotatable bonds is 2. The van der Waals surface area contributed by atoms with Crippen LogP contribution in [-0.4, -0.2) is 13.2 Å². The highest BCUT2D eigenvalue weighted by Crippen LogP contribution is 2.30. The van der Waals surface area contributed by atoms with Gasteiger partial charge in [0.15, 0.2) is 0 Å². The van der Waals surface area contributed by atoms with E-state index in [0.717, 1.165) is 6.20 Å². The molecule has 0 aliphatic carbocycles. The summed E-state index contributed by atoms with van der Waals surface area (Å²) in [5.41, 5.74) is -0.523. The van der Waals surface area contributed by atoms with Crippen LogP contribution in [0.2, 0.25) is 5.02 Å². The van der Waals surface area contributed by atoms with Crippen LogP contribution in [0.5, 0.6) is 0 Å². The Morgan fingerprint density at radius 1 is 1.30 bits per heavy atom. The van der Waals surface area contributed by atoms with Crippen LogP contribution in [0.1, 0.15) is 32.8 Å². The van der Waals surface area contributed by atoms with Gasteiger partial charge in [0.1, 0.15) is 11.4 Å². The van der Waals surface area contributed by atoms with Gasteiger partial charge in [0, 0.05) is 30.9 Å². The zero-order chi connectivity index (χ0) is 18.2. The van der Waals surface area contributed by atoms with E-state index in [1.807, 2.05) is 13.8 Å². The first-order valence-corrected chi connectivity index (χ1v) is 7.51. The van der Waals surface area contributed by atoms with Crippen LogP contribution in [0, 0.1) is 24.6 Å². The number of anilines is 1. The fourth-order valence-electron chi connectivity index (χ4n) is 1.65. The predicted octanol–water partition coefficient (Wildman–Crippen LogP) is 6.11. The average Bonchev–Trinajstić information content (AvgIpc) is 2.49. The number of allylic oxidation sites excluding steroid dienone is 1. The minimum atomic E-state index is -4.56. The second-order valence-corrected chi connectivity index (χ2v) is 4.72. The van der Waals surface area contributed by atoms with E-state index in [9.17, 15) is 17.6 Å². The Bertz CT molecular complexity index is 609. The molecule has 128 valence electrons. The number of alkyl halides is 3. The van der Waals surface area contributed by atoms with Crippen molar-refractivity contribution < 1.29 is 17.6 Å². The first-order valence-electron chi connectivity index (χ1n) is 7.13. The van der Waals surface area contributed by atoms with Gasteiger partial charge in [-0.25, -0.2) is 4.39 Å². The summed E-state index contributed by atoms with van der Waals surface area (Å²) in [6.07, 6.45) is -3.40. The van der Waals surface area contributed by atoms with Gasteiger partial charge >= 0.3 is 6.18 Å². The van der Waals surface area contributed by atoms with Crippen molar-refractivity contribution in [2.24, 2.45) is 0 Å². The van der Waals surface area contributed by atoms with Crippen molar-refractivity contribution in [3.63, 3.8) is 0 Å². The van der Waals surface area contributed by atoms with Crippen LogP contribution < -0.4 is 4.90 Å². The molecule has 0 bridgehead atoms. The van der Waals surface area contributed by atoms with E-state index in [1.54, 1.807) is 6.92 Å². The molecule has 1 rings (SSSR count). The van der Waals surface area contributed by atoms with Crippen LogP contribution >= 0.6 is 11.6 Å². The molecule has 0 atom stereocenters. The second-order valence-electron chi connectivity index (χ2n) is 4.31. The van der Waals surface area contributed by atoms with Gasteiger partial charge in [-0.05, 0) is 19.1 Å². The van der Waals surface area contributed by atoms with E-state index in [4.69, 9.17) is 11.6 Å². The minimum Gasteiger partial charge on any atom is -0.349 e. The molecule has 0 spiro atoms. The van der Waals surface area contributed by atoms with Gasteiger partial charge in [0.05, 0.1) is 5.02 Å². The topological polar surface area (TPSA) is 3.24 Å². The smallest absolute Gasteiger partial charge is 0.349 e. The van der Waals surface area contributed by atoms with Gasteiger partial charge in [-0.1, -0.05) is 44.2 Å². The molecule has 0 saturated heterocycles. The molecular weight excluding hydrogens is 330 g/mol. The van der Waals surface area contributed by atoms with Crippen LogP contribution in [0.15, 0.2) is 23.9 Å². The van der Waals surface area contributed by atoms with E-state index in [0.29, 0.717) is 6.42 Å². The number of nitrogens with zero attached hydrogens (tertiary/aromatic N) is 1. The summed E-state index contributed by atoms with van der Waals surface area (Å²) in [6.45, 7) is 7.11. The number of hydrogen-bond donors (Lipinski definition) is 0. The van der Waals surface area contributed by atoms with Crippen molar-refractivity contribution in [2.75, 3.05) is 11.9 Å². The molecule has 0 aliphatic rings. The average molecular weight is 350 g/mol. The van der Waals surface area contributed by atoms with Crippen LogP contribution in [0.25, 0.3) is 0 Å². The van der Waals surface area contributed by atoms with E-state index in [2.05, 4.69) is 11.8 Å². The lowest BCUT2D eigenvalue weighted by Gasteiger charge is -2.19. The highest BCUT2D eigenvalue weighted by molar-refractivity contribution is 6.30. The van der Waals surface area contributed by atoms with Gasteiger partial charge in [-0.15, -0.1) is 0 Å². The fraction of sp³-hybridized carbons (Fsp3) is 0.412. The molecule has 23 heavy (non-hydrogen) atoms. The summed E-state index contributed by atoms with van der Waals surface area (Å²) >= 11 is 5.63. The Morgan fingerprint density at radius 2 is 1.87 bits per heavy atom.